The predicted molar refractivity (Wildman–Crippen MR) is 49.0 cm³/mol. The molecule has 0 aromatic carbocycles. The van der Waals surface area contributed by atoms with E-state index in [9.17, 15) is 9.59 Å². The molecule has 2 N–H and O–H groups in total. The van der Waals surface area contributed by atoms with Crippen molar-refractivity contribution in [2.45, 2.75) is 18.4 Å². The summed E-state index contributed by atoms with van der Waals surface area (Å²) >= 11 is 0. The highest BCUT2D eigenvalue weighted by Crippen LogP contribution is 2.20. The number of carbonyl (C=O) groups is 2. The van der Waals surface area contributed by atoms with Gasteiger partial charge in [-0.05, 0) is 12.8 Å². The lowest BCUT2D eigenvalue weighted by molar-refractivity contribution is -0.123. The Bertz CT molecular complexity index is 261. The van der Waals surface area contributed by atoms with Gasteiger partial charge in [-0.25, -0.2) is 4.79 Å². The van der Waals surface area contributed by atoms with Gasteiger partial charge in [0, 0.05) is 0 Å². The third-order valence-corrected chi connectivity index (χ3v) is 2.00. The third kappa shape index (κ3) is 1.61. The van der Waals surface area contributed by atoms with E-state index in [0.29, 0.717) is 12.8 Å². The Balaban J connectivity index is 2.88. The molecule has 1 aliphatic heterocycles. The molecule has 1 aliphatic rings. The first-order chi connectivity index (χ1) is 6.14. The molecule has 4 nitrogen and oxygen atoms in total. The topological polar surface area (TPSA) is 58.2 Å². The summed E-state index contributed by atoms with van der Waals surface area (Å²) in [6.07, 6.45) is 4.04. The quantitative estimate of drug-likeness (QED) is 0.494. The van der Waals surface area contributed by atoms with E-state index in [2.05, 4.69) is 23.8 Å². The number of hydrogen-bond acceptors (Lipinski definition) is 2. The Morgan fingerprint density at radius 2 is 1.77 bits per heavy atom. The SMILES string of the molecule is C=CCC1(CC=C)NC(=O)NC1=O. The lowest BCUT2D eigenvalue weighted by Crippen LogP contribution is -2.45. The molecule has 4 heteroatoms. The molecular weight excluding hydrogens is 168 g/mol. The van der Waals surface area contributed by atoms with Gasteiger partial charge in [0.2, 0.25) is 0 Å². The molecule has 0 spiro atoms. The van der Waals surface area contributed by atoms with Crippen LogP contribution < -0.4 is 10.6 Å². The van der Waals surface area contributed by atoms with Gasteiger partial charge in [0.15, 0.2) is 0 Å². The summed E-state index contributed by atoms with van der Waals surface area (Å²) in [6.45, 7) is 7.09. The van der Waals surface area contributed by atoms with E-state index < -0.39 is 11.6 Å². The molecule has 0 aliphatic carbocycles. The Kier molecular flexibility index (Phi) is 2.51. The van der Waals surface area contributed by atoms with Gasteiger partial charge in [-0.2, -0.15) is 0 Å². The van der Waals surface area contributed by atoms with Crippen LogP contribution in [0.15, 0.2) is 25.3 Å². The zero-order valence-corrected chi connectivity index (χ0v) is 7.30. The zero-order chi connectivity index (χ0) is 9.90. The van der Waals surface area contributed by atoms with Gasteiger partial charge in [-0.15, -0.1) is 13.2 Å². The van der Waals surface area contributed by atoms with Gasteiger partial charge in [-0.3, -0.25) is 10.1 Å². The van der Waals surface area contributed by atoms with Crippen LogP contribution in [0.1, 0.15) is 12.8 Å². The summed E-state index contributed by atoms with van der Waals surface area (Å²) in [5, 5.41) is 4.77. The Morgan fingerprint density at radius 1 is 1.23 bits per heavy atom. The van der Waals surface area contributed by atoms with E-state index in [1.165, 1.54) is 0 Å². The van der Waals surface area contributed by atoms with Gasteiger partial charge in [-0.1, -0.05) is 12.2 Å². The number of nitrogens with one attached hydrogen (secondary N) is 2. The number of rotatable bonds is 4. The highest BCUT2D eigenvalue weighted by atomic mass is 16.2. The number of hydrogen-bond donors (Lipinski definition) is 2. The summed E-state index contributed by atoms with van der Waals surface area (Å²) in [5.41, 5.74) is -0.861. The number of amides is 3. The maximum atomic E-state index is 11.4. The van der Waals surface area contributed by atoms with Crippen molar-refractivity contribution in [3.8, 4) is 0 Å². The van der Waals surface area contributed by atoms with Gasteiger partial charge in [0.1, 0.15) is 5.54 Å². The molecule has 0 atom stereocenters. The van der Waals surface area contributed by atoms with Crippen LogP contribution in [0.2, 0.25) is 0 Å². The van der Waals surface area contributed by atoms with Crippen molar-refractivity contribution in [2.24, 2.45) is 0 Å². The molecule has 0 aromatic heterocycles. The van der Waals surface area contributed by atoms with Crippen molar-refractivity contribution in [3.63, 3.8) is 0 Å². The summed E-state index contributed by atoms with van der Waals surface area (Å²) < 4.78 is 0. The Hall–Kier alpha value is -1.58. The standard InChI is InChI=1S/C9H12N2O2/c1-3-5-9(6-4-2)7(12)10-8(13)11-9/h3-4H,1-2,5-6H2,(H2,10,11,12,13). The van der Waals surface area contributed by atoms with Crippen LogP contribution in [0.3, 0.4) is 0 Å². The average molecular weight is 180 g/mol. The van der Waals surface area contributed by atoms with Crippen LogP contribution in [0.25, 0.3) is 0 Å². The van der Waals surface area contributed by atoms with Gasteiger partial charge < -0.3 is 5.32 Å². The van der Waals surface area contributed by atoms with E-state index >= 15 is 0 Å². The molecule has 0 aromatic rings. The number of urea groups is 1. The van der Waals surface area contributed by atoms with E-state index in [4.69, 9.17) is 0 Å². The molecule has 1 fully saturated rings. The minimum Gasteiger partial charge on any atom is -0.323 e. The van der Waals surface area contributed by atoms with Crippen molar-refractivity contribution in [3.05, 3.63) is 25.3 Å². The number of imide groups is 1. The van der Waals surface area contributed by atoms with Crippen LogP contribution in [0, 0.1) is 0 Å². The van der Waals surface area contributed by atoms with E-state index in [-0.39, 0.29) is 5.91 Å². The van der Waals surface area contributed by atoms with Crippen molar-refractivity contribution >= 4 is 11.9 Å². The molecule has 1 heterocycles. The van der Waals surface area contributed by atoms with Crippen LogP contribution in [0.5, 0.6) is 0 Å². The fourth-order valence-electron chi connectivity index (χ4n) is 1.39. The van der Waals surface area contributed by atoms with E-state index in [0.717, 1.165) is 0 Å². The first-order valence-corrected chi connectivity index (χ1v) is 4.00. The molecule has 1 saturated heterocycles. The second kappa shape index (κ2) is 3.43. The Labute approximate surface area is 76.7 Å². The van der Waals surface area contributed by atoms with Crippen molar-refractivity contribution in [1.29, 1.82) is 0 Å². The minimum atomic E-state index is -0.861. The second-order valence-electron chi connectivity index (χ2n) is 2.98. The molecule has 3 amide bonds. The van der Waals surface area contributed by atoms with Crippen LogP contribution in [0.4, 0.5) is 4.79 Å². The maximum Gasteiger partial charge on any atom is 0.322 e. The molecule has 70 valence electrons. The van der Waals surface area contributed by atoms with Gasteiger partial charge in [0.05, 0.1) is 0 Å². The smallest absolute Gasteiger partial charge is 0.322 e. The van der Waals surface area contributed by atoms with Gasteiger partial charge >= 0.3 is 6.03 Å². The van der Waals surface area contributed by atoms with Crippen molar-refractivity contribution < 1.29 is 9.59 Å². The normalized spacial score (nSPS) is 19.1. The van der Waals surface area contributed by atoms with E-state index in [1.807, 2.05) is 0 Å². The highest BCUT2D eigenvalue weighted by molar-refractivity contribution is 6.07. The molecule has 0 bridgehead atoms. The van der Waals surface area contributed by atoms with Crippen LogP contribution in [-0.4, -0.2) is 17.5 Å². The molecular formula is C9H12N2O2. The maximum absolute atomic E-state index is 11.4. The fourth-order valence-corrected chi connectivity index (χ4v) is 1.39. The third-order valence-electron chi connectivity index (χ3n) is 2.00. The zero-order valence-electron chi connectivity index (χ0n) is 7.30. The minimum absolute atomic E-state index is 0.308. The summed E-state index contributed by atoms with van der Waals surface area (Å²) in [5.74, 6) is -0.308. The van der Waals surface area contributed by atoms with Crippen LogP contribution >= 0.6 is 0 Å². The van der Waals surface area contributed by atoms with E-state index in [1.54, 1.807) is 12.2 Å². The monoisotopic (exact) mass is 180 g/mol. The number of carbonyl (C=O) groups excluding carboxylic acids is 2. The first-order valence-electron chi connectivity index (χ1n) is 4.00. The lowest BCUT2D eigenvalue weighted by atomic mass is 9.91. The van der Waals surface area contributed by atoms with Gasteiger partial charge in [0.25, 0.3) is 5.91 Å². The lowest BCUT2D eigenvalue weighted by Gasteiger charge is -2.22. The molecule has 0 unspecified atom stereocenters. The molecule has 1 rings (SSSR count). The Morgan fingerprint density at radius 3 is 2.08 bits per heavy atom. The first kappa shape index (κ1) is 9.51. The average Bonchev–Trinajstić information content (AvgIpc) is 2.28. The fraction of sp³-hybridized carbons (Fsp3) is 0.333. The molecule has 13 heavy (non-hydrogen) atoms. The molecule has 0 radical (unpaired) electrons. The van der Waals surface area contributed by atoms with Crippen molar-refractivity contribution in [2.75, 3.05) is 0 Å². The summed E-state index contributed by atoms with van der Waals surface area (Å²) in [7, 11) is 0. The second-order valence-corrected chi connectivity index (χ2v) is 2.98. The highest BCUT2D eigenvalue weighted by Gasteiger charge is 2.43. The van der Waals surface area contributed by atoms with Crippen molar-refractivity contribution in [1.82, 2.24) is 10.6 Å². The largest absolute Gasteiger partial charge is 0.323 e. The summed E-state index contributed by atoms with van der Waals surface area (Å²) in [4.78, 5) is 22.3. The molecule has 0 saturated carbocycles. The van der Waals surface area contributed by atoms with Crippen LogP contribution in [-0.2, 0) is 4.79 Å². The predicted octanol–water partition coefficient (Wildman–Crippen LogP) is 0.717. The summed E-state index contributed by atoms with van der Waals surface area (Å²) in [6, 6.07) is -0.450.